The number of aromatic nitrogens is 2. The van der Waals surface area contributed by atoms with E-state index in [1.54, 1.807) is 0 Å². The van der Waals surface area contributed by atoms with Gasteiger partial charge in [-0.2, -0.15) is 4.37 Å². The van der Waals surface area contributed by atoms with Crippen LogP contribution in [0.25, 0.3) is 0 Å². The third-order valence-electron chi connectivity index (χ3n) is 2.19. The third-order valence-corrected chi connectivity index (χ3v) is 4.21. The molecule has 0 aromatic carbocycles. The van der Waals surface area contributed by atoms with Gasteiger partial charge in [-0.1, -0.05) is 11.8 Å². The van der Waals surface area contributed by atoms with Crippen molar-refractivity contribution in [2.75, 3.05) is 5.75 Å². The summed E-state index contributed by atoms with van der Waals surface area (Å²) in [5.74, 6) is 0.454. The van der Waals surface area contributed by atoms with Crippen LogP contribution in [-0.4, -0.2) is 38.3 Å². The second-order valence-corrected chi connectivity index (χ2v) is 5.77. The summed E-state index contributed by atoms with van der Waals surface area (Å²) in [5, 5.41) is 12.1. The van der Waals surface area contributed by atoms with E-state index < -0.39 is 12.0 Å². The van der Waals surface area contributed by atoms with Gasteiger partial charge in [0.1, 0.15) is 11.9 Å². The molecule has 0 aliphatic heterocycles. The minimum absolute atomic E-state index is 0.401. The van der Waals surface area contributed by atoms with Crippen LogP contribution in [0.1, 0.15) is 18.7 Å². The first-order valence-electron chi connectivity index (χ1n) is 5.07. The van der Waals surface area contributed by atoms with Crippen LogP contribution < -0.4 is 5.32 Å². The SMILES string of the molecule is Cc1nsc(SCC(NC2CC2)C(=O)O)n1. The molecular formula is C9H13N3O2S2. The van der Waals surface area contributed by atoms with E-state index >= 15 is 0 Å². The first-order chi connectivity index (χ1) is 7.65. The molecule has 0 saturated heterocycles. The zero-order valence-corrected chi connectivity index (χ0v) is 10.5. The molecule has 1 saturated carbocycles. The highest BCUT2D eigenvalue weighted by Crippen LogP contribution is 2.23. The van der Waals surface area contributed by atoms with Crippen molar-refractivity contribution in [3.63, 3.8) is 0 Å². The Balaban J connectivity index is 1.83. The van der Waals surface area contributed by atoms with Crippen LogP contribution in [0, 0.1) is 6.92 Å². The van der Waals surface area contributed by atoms with E-state index in [4.69, 9.17) is 5.11 Å². The molecule has 7 heteroatoms. The van der Waals surface area contributed by atoms with Crippen LogP contribution in [0.3, 0.4) is 0 Å². The number of hydrogen-bond acceptors (Lipinski definition) is 6. The lowest BCUT2D eigenvalue weighted by atomic mass is 10.3. The highest BCUT2D eigenvalue weighted by atomic mass is 32.2. The fraction of sp³-hybridized carbons (Fsp3) is 0.667. The Morgan fingerprint density at radius 2 is 2.50 bits per heavy atom. The summed E-state index contributed by atoms with van der Waals surface area (Å²) in [6.07, 6.45) is 2.18. The summed E-state index contributed by atoms with van der Waals surface area (Å²) in [6.45, 7) is 1.83. The monoisotopic (exact) mass is 259 g/mol. The highest BCUT2D eigenvalue weighted by molar-refractivity contribution is 8.01. The van der Waals surface area contributed by atoms with Crippen LogP contribution in [0.5, 0.6) is 0 Å². The molecule has 2 N–H and O–H groups in total. The number of thioether (sulfide) groups is 1. The maximum absolute atomic E-state index is 11.0. The van der Waals surface area contributed by atoms with Crippen molar-refractivity contribution in [3.8, 4) is 0 Å². The molecular weight excluding hydrogens is 246 g/mol. The molecule has 0 spiro atoms. The van der Waals surface area contributed by atoms with Crippen molar-refractivity contribution in [2.45, 2.75) is 36.2 Å². The lowest BCUT2D eigenvalue weighted by Gasteiger charge is -2.11. The quantitative estimate of drug-likeness (QED) is 0.746. The minimum atomic E-state index is -0.791. The van der Waals surface area contributed by atoms with Crippen LogP contribution in [0.15, 0.2) is 4.34 Å². The third kappa shape index (κ3) is 3.43. The summed E-state index contributed by atoms with van der Waals surface area (Å²) in [6, 6.07) is -0.0837. The van der Waals surface area contributed by atoms with Gasteiger partial charge in [0.15, 0.2) is 4.34 Å². The number of carboxylic acids is 1. The number of rotatable bonds is 6. The predicted molar refractivity (Wildman–Crippen MR) is 63.0 cm³/mol. The summed E-state index contributed by atoms with van der Waals surface area (Å²) >= 11 is 2.77. The molecule has 88 valence electrons. The highest BCUT2D eigenvalue weighted by Gasteiger charge is 2.28. The fourth-order valence-electron chi connectivity index (χ4n) is 1.22. The Kier molecular flexibility index (Phi) is 3.78. The molecule has 1 aromatic rings. The molecule has 5 nitrogen and oxygen atoms in total. The van der Waals surface area contributed by atoms with E-state index in [0.717, 1.165) is 23.0 Å². The predicted octanol–water partition coefficient (Wildman–Crippen LogP) is 1.14. The largest absolute Gasteiger partial charge is 0.480 e. The van der Waals surface area contributed by atoms with Crippen molar-refractivity contribution >= 4 is 29.3 Å². The maximum Gasteiger partial charge on any atom is 0.321 e. The van der Waals surface area contributed by atoms with Gasteiger partial charge in [-0.3, -0.25) is 4.79 Å². The maximum atomic E-state index is 11.0. The zero-order valence-electron chi connectivity index (χ0n) is 8.84. The molecule has 1 atom stereocenters. The summed E-state index contributed by atoms with van der Waals surface area (Å²) < 4.78 is 4.89. The molecule has 0 radical (unpaired) electrons. The number of carboxylic acid groups (broad SMARTS) is 1. The summed E-state index contributed by atoms with van der Waals surface area (Å²) in [4.78, 5) is 15.2. The molecule has 1 aliphatic rings. The molecule has 2 rings (SSSR count). The Hall–Kier alpha value is -0.660. The number of carbonyl (C=O) groups is 1. The molecule has 16 heavy (non-hydrogen) atoms. The zero-order chi connectivity index (χ0) is 11.5. The topological polar surface area (TPSA) is 75.1 Å². The minimum Gasteiger partial charge on any atom is -0.480 e. The Bertz CT molecular complexity index is 379. The molecule has 0 bridgehead atoms. The van der Waals surface area contributed by atoms with E-state index in [2.05, 4.69) is 14.7 Å². The van der Waals surface area contributed by atoms with Crippen molar-refractivity contribution in [2.24, 2.45) is 0 Å². The van der Waals surface area contributed by atoms with E-state index in [1.165, 1.54) is 23.3 Å². The average molecular weight is 259 g/mol. The molecule has 1 aromatic heterocycles. The van der Waals surface area contributed by atoms with E-state index in [1.807, 2.05) is 6.92 Å². The summed E-state index contributed by atoms with van der Waals surface area (Å²) in [5.41, 5.74) is 0. The van der Waals surface area contributed by atoms with Crippen molar-refractivity contribution < 1.29 is 9.90 Å². The first-order valence-corrected chi connectivity index (χ1v) is 6.83. The number of aryl methyl sites for hydroxylation is 1. The standard InChI is InChI=1S/C9H13N3O2S2/c1-5-10-9(16-12-5)15-4-7(8(13)14)11-6-2-3-6/h6-7,11H,2-4H2,1H3,(H,13,14). The Morgan fingerprint density at radius 3 is 3.00 bits per heavy atom. The van der Waals surface area contributed by atoms with Gasteiger partial charge < -0.3 is 10.4 Å². The Morgan fingerprint density at radius 1 is 1.75 bits per heavy atom. The van der Waals surface area contributed by atoms with Gasteiger partial charge in [-0.05, 0) is 31.3 Å². The number of nitrogens with one attached hydrogen (secondary N) is 1. The number of nitrogens with zero attached hydrogens (tertiary/aromatic N) is 2. The van der Waals surface area contributed by atoms with Crippen LogP contribution in [0.4, 0.5) is 0 Å². The Labute approximate surface area is 102 Å². The molecule has 1 aliphatic carbocycles. The lowest BCUT2D eigenvalue weighted by molar-refractivity contribution is -0.138. The van der Waals surface area contributed by atoms with Crippen LogP contribution >= 0.6 is 23.3 Å². The number of hydrogen-bond donors (Lipinski definition) is 2. The van der Waals surface area contributed by atoms with Gasteiger partial charge in [-0.15, -0.1) is 0 Å². The van der Waals surface area contributed by atoms with Crippen molar-refractivity contribution in [1.29, 1.82) is 0 Å². The van der Waals surface area contributed by atoms with Gasteiger partial charge in [0.25, 0.3) is 0 Å². The van der Waals surface area contributed by atoms with E-state index in [0.29, 0.717) is 11.8 Å². The molecule has 1 heterocycles. The van der Waals surface area contributed by atoms with Gasteiger partial charge in [-0.25, -0.2) is 4.98 Å². The molecule has 0 amide bonds. The second-order valence-electron chi connectivity index (χ2n) is 3.75. The molecule has 1 fully saturated rings. The fourth-order valence-corrected chi connectivity index (χ4v) is 2.91. The van der Waals surface area contributed by atoms with Gasteiger partial charge >= 0.3 is 5.97 Å². The van der Waals surface area contributed by atoms with E-state index in [-0.39, 0.29) is 0 Å². The normalized spacial score (nSPS) is 17.3. The van der Waals surface area contributed by atoms with E-state index in [9.17, 15) is 4.79 Å². The van der Waals surface area contributed by atoms with Crippen molar-refractivity contribution in [3.05, 3.63) is 5.82 Å². The molecule has 1 unspecified atom stereocenters. The van der Waals surface area contributed by atoms with Gasteiger partial charge in [0, 0.05) is 11.8 Å². The first kappa shape index (κ1) is 11.8. The van der Waals surface area contributed by atoms with Gasteiger partial charge in [0.2, 0.25) is 0 Å². The smallest absolute Gasteiger partial charge is 0.321 e. The van der Waals surface area contributed by atoms with Crippen LogP contribution in [0.2, 0.25) is 0 Å². The number of aliphatic carboxylic acids is 1. The average Bonchev–Trinajstić information content (AvgIpc) is 2.95. The van der Waals surface area contributed by atoms with Gasteiger partial charge in [0.05, 0.1) is 0 Å². The van der Waals surface area contributed by atoms with Crippen molar-refractivity contribution in [1.82, 2.24) is 14.7 Å². The summed E-state index contributed by atoms with van der Waals surface area (Å²) in [7, 11) is 0. The lowest BCUT2D eigenvalue weighted by Crippen LogP contribution is -2.40. The van der Waals surface area contributed by atoms with Crippen LogP contribution in [-0.2, 0) is 4.79 Å². The second kappa shape index (κ2) is 5.11.